The highest BCUT2D eigenvalue weighted by Gasteiger charge is 2.28. The summed E-state index contributed by atoms with van der Waals surface area (Å²) >= 11 is 0. The van der Waals surface area contributed by atoms with Crippen molar-refractivity contribution in [2.75, 3.05) is 33.0 Å². The molecule has 2 aliphatic heterocycles. The normalized spacial score (nSPS) is 24.9. The predicted octanol–water partition coefficient (Wildman–Crippen LogP) is 0.662. The summed E-state index contributed by atoms with van der Waals surface area (Å²) in [7, 11) is 0. The van der Waals surface area contributed by atoms with Gasteiger partial charge in [0.15, 0.2) is 11.5 Å². The Kier molecular flexibility index (Phi) is 4.10. The Labute approximate surface area is 119 Å². The van der Waals surface area contributed by atoms with Crippen molar-refractivity contribution in [1.82, 2.24) is 10.6 Å². The molecule has 5 nitrogen and oxygen atoms in total. The first-order chi connectivity index (χ1) is 9.75. The van der Waals surface area contributed by atoms with Gasteiger partial charge in [0.2, 0.25) is 6.79 Å². The molecule has 0 aromatic heterocycles. The molecule has 1 aromatic rings. The van der Waals surface area contributed by atoms with Gasteiger partial charge in [-0.1, -0.05) is 6.07 Å². The molecule has 3 N–H and O–H groups in total. The minimum atomic E-state index is -0.590. The summed E-state index contributed by atoms with van der Waals surface area (Å²) in [5, 5.41) is 16.9. The molecular weight excluding hydrogens is 256 g/mol. The van der Waals surface area contributed by atoms with E-state index in [2.05, 4.69) is 16.7 Å². The van der Waals surface area contributed by atoms with Crippen LogP contribution in [-0.2, 0) is 6.42 Å². The average Bonchev–Trinajstić information content (AvgIpc) is 2.92. The van der Waals surface area contributed by atoms with E-state index in [0.717, 1.165) is 43.9 Å². The highest BCUT2D eigenvalue weighted by atomic mass is 16.7. The first-order valence-electron chi connectivity index (χ1n) is 7.28. The molecule has 1 fully saturated rings. The Morgan fingerprint density at radius 2 is 2.20 bits per heavy atom. The summed E-state index contributed by atoms with van der Waals surface area (Å²) in [6.07, 6.45) is 2.83. The molecule has 1 saturated heterocycles. The van der Waals surface area contributed by atoms with Crippen LogP contribution < -0.4 is 20.1 Å². The second kappa shape index (κ2) is 5.99. The molecule has 3 rings (SSSR count). The minimum absolute atomic E-state index is 0.317. The molecule has 0 spiro atoms. The van der Waals surface area contributed by atoms with Gasteiger partial charge in [-0.05, 0) is 50.0 Å². The van der Waals surface area contributed by atoms with Crippen molar-refractivity contribution in [3.8, 4) is 11.5 Å². The monoisotopic (exact) mass is 278 g/mol. The molecule has 1 aromatic carbocycles. The molecule has 0 radical (unpaired) electrons. The van der Waals surface area contributed by atoms with Gasteiger partial charge >= 0.3 is 0 Å². The van der Waals surface area contributed by atoms with Crippen LogP contribution in [0, 0.1) is 0 Å². The van der Waals surface area contributed by atoms with Gasteiger partial charge in [0, 0.05) is 13.1 Å². The number of aliphatic hydroxyl groups is 1. The molecule has 5 heteroatoms. The molecule has 2 heterocycles. The largest absolute Gasteiger partial charge is 0.454 e. The van der Waals surface area contributed by atoms with E-state index in [0.29, 0.717) is 19.9 Å². The van der Waals surface area contributed by atoms with Gasteiger partial charge in [-0.15, -0.1) is 0 Å². The maximum atomic E-state index is 10.3. The fraction of sp³-hybridized carbons (Fsp3) is 0.600. The third-order valence-electron chi connectivity index (χ3n) is 3.93. The molecule has 1 unspecified atom stereocenters. The number of rotatable bonds is 5. The molecule has 20 heavy (non-hydrogen) atoms. The molecule has 0 amide bonds. The van der Waals surface area contributed by atoms with Crippen LogP contribution in [0.15, 0.2) is 18.2 Å². The van der Waals surface area contributed by atoms with E-state index in [4.69, 9.17) is 9.47 Å². The topological polar surface area (TPSA) is 62.8 Å². The zero-order chi connectivity index (χ0) is 13.8. The second-order valence-electron chi connectivity index (χ2n) is 5.62. The van der Waals surface area contributed by atoms with Gasteiger partial charge < -0.3 is 25.2 Å². The maximum Gasteiger partial charge on any atom is 0.231 e. The van der Waals surface area contributed by atoms with Crippen molar-refractivity contribution in [3.63, 3.8) is 0 Å². The molecule has 110 valence electrons. The van der Waals surface area contributed by atoms with E-state index in [9.17, 15) is 5.11 Å². The Hall–Kier alpha value is -1.30. The lowest BCUT2D eigenvalue weighted by Gasteiger charge is -2.32. The molecule has 0 aliphatic carbocycles. The molecule has 1 atom stereocenters. The first-order valence-corrected chi connectivity index (χ1v) is 7.28. The van der Waals surface area contributed by atoms with E-state index < -0.39 is 5.60 Å². The number of benzene rings is 1. The molecule has 0 bridgehead atoms. The van der Waals surface area contributed by atoms with Crippen LogP contribution in [0.25, 0.3) is 0 Å². The summed E-state index contributed by atoms with van der Waals surface area (Å²) in [6.45, 7) is 3.51. The number of piperidine rings is 1. The number of hydrogen-bond donors (Lipinski definition) is 3. The van der Waals surface area contributed by atoms with Crippen molar-refractivity contribution in [3.05, 3.63) is 23.8 Å². The lowest BCUT2D eigenvalue weighted by atomic mass is 9.94. The average molecular weight is 278 g/mol. The summed E-state index contributed by atoms with van der Waals surface area (Å²) < 4.78 is 10.7. The highest BCUT2D eigenvalue weighted by Crippen LogP contribution is 2.32. The standard InChI is InChI=1S/C15H22N2O3/c18-15(5-1-6-16-9-15)10-17-7-4-12-2-3-13-14(8-12)20-11-19-13/h2-3,8,16-18H,1,4-7,9-11H2. The van der Waals surface area contributed by atoms with E-state index in [1.54, 1.807) is 0 Å². The quantitative estimate of drug-likeness (QED) is 0.691. The predicted molar refractivity (Wildman–Crippen MR) is 76.2 cm³/mol. The van der Waals surface area contributed by atoms with Crippen molar-refractivity contribution >= 4 is 0 Å². The highest BCUT2D eigenvalue weighted by molar-refractivity contribution is 5.44. The smallest absolute Gasteiger partial charge is 0.231 e. The number of hydrogen-bond acceptors (Lipinski definition) is 5. The van der Waals surface area contributed by atoms with Gasteiger partial charge in [0.25, 0.3) is 0 Å². The Morgan fingerprint density at radius 1 is 1.30 bits per heavy atom. The zero-order valence-corrected chi connectivity index (χ0v) is 11.7. The van der Waals surface area contributed by atoms with Gasteiger partial charge in [-0.3, -0.25) is 0 Å². The van der Waals surface area contributed by atoms with E-state index in [1.165, 1.54) is 5.56 Å². The fourth-order valence-corrected chi connectivity index (χ4v) is 2.75. The van der Waals surface area contributed by atoms with Crippen LogP contribution >= 0.6 is 0 Å². The SMILES string of the molecule is OC1(CNCCc2ccc3c(c2)OCO3)CCCNC1. The van der Waals surface area contributed by atoms with Crippen LogP contribution in [0.1, 0.15) is 18.4 Å². The summed E-state index contributed by atoms with van der Waals surface area (Å²) in [5.41, 5.74) is 0.628. The van der Waals surface area contributed by atoms with E-state index in [-0.39, 0.29) is 0 Å². The lowest BCUT2D eigenvalue weighted by Crippen LogP contribution is -2.52. The van der Waals surface area contributed by atoms with Crippen molar-refractivity contribution in [2.45, 2.75) is 24.9 Å². The van der Waals surface area contributed by atoms with Crippen molar-refractivity contribution in [2.24, 2.45) is 0 Å². The van der Waals surface area contributed by atoms with Crippen LogP contribution in [0.5, 0.6) is 11.5 Å². The third-order valence-corrected chi connectivity index (χ3v) is 3.93. The maximum absolute atomic E-state index is 10.3. The van der Waals surface area contributed by atoms with Gasteiger partial charge in [0.1, 0.15) is 0 Å². The van der Waals surface area contributed by atoms with E-state index in [1.807, 2.05) is 12.1 Å². The Bertz CT molecular complexity index is 458. The lowest BCUT2D eigenvalue weighted by molar-refractivity contribution is 0.0174. The van der Waals surface area contributed by atoms with Crippen LogP contribution in [0.4, 0.5) is 0 Å². The van der Waals surface area contributed by atoms with Crippen LogP contribution in [0.3, 0.4) is 0 Å². The number of ether oxygens (including phenoxy) is 2. The fourth-order valence-electron chi connectivity index (χ4n) is 2.75. The molecule has 2 aliphatic rings. The Morgan fingerprint density at radius 3 is 3.05 bits per heavy atom. The van der Waals surface area contributed by atoms with Crippen LogP contribution in [-0.4, -0.2) is 43.7 Å². The van der Waals surface area contributed by atoms with E-state index >= 15 is 0 Å². The van der Waals surface area contributed by atoms with Gasteiger partial charge in [-0.25, -0.2) is 0 Å². The van der Waals surface area contributed by atoms with Gasteiger partial charge in [-0.2, -0.15) is 0 Å². The van der Waals surface area contributed by atoms with Crippen molar-refractivity contribution < 1.29 is 14.6 Å². The van der Waals surface area contributed by atoms with Crippen molar-refractivity contribution in [1.29, 1.82) is 0 Å². The second-order valence-corrected chi connectivity index (χ2v) is 5.62. The van der Waals surface area contributed by atoms with Crippen LogP contribution in [0.2, 0.25) is 0 Å². The summed E-state index contributed by atoms with van der Waals surface area (Å²) in [6, 6.07) is 6.04. The number of nitrogens with one attached hydrogen (secondary N) is 2. The molecule has 0 saturated carbocycles. The summed E-state index contributed by atoms with van der Waals surface area (Å²) in [4.78, 5) is 0. The third kappa shape index (κ3) is 3.23. The minimum Gasteiger partial charge on any atom is -0.454 e. The van der Waals surface area contributed by atoms with Gasteiger partial charge in [0.05, 0.1) is 5.60 Å². The number of β-amino-alcohol motifs (C(OH)–C–C–N with tert-alkyl or cyclic N) is 1. The molecular formula is C15H22N2O3. The Balaban J connectivity index is 1.43. The number of fused-ring (bicyclic) bond motifs is 1. The first kappa shape index (κ1) is 13.7. The zero-order valence-electron chi connectivity index (χ0n) is 11.7. The summed E-state index contributed by atoms with van der Waals surface area (Å²) in [5.74, 6) is 1.65.